The highest BCUT2D eigenvalue weighted by atomic mass is 16.5. The number of carbonyl (C=O) groups is 4. The number of rotatable bonds is 15. The number of piperazine rings is 1. The lowest BCUT2D eigenvalue weighted by Crippen LogP contribution is -2.54. The number of imide groups is 2. The maximum Gasteiger partial charge on any atom is 0.262 e. The van der Waals surface area contributed by atoms with E-state index in [0.717, 1.165) is 116 Å². The van der Waals surface area contributed by atoms with Crippen LogP contribution >= 0.6 is 0 Å². The van der Waals surface area contributed by atoms with Crippen LogP contribution in [0.2, 0.25) is 0 Å². The van der Waals surface area contributed by atoms with Crippen molar-refractivity contribution < 1.29 is 33.4 Å². The first-order valence-electron chi connectivity index (χ1n) is 20.4. The molecule has 6 heterocycles. The van der Waals surface area contributed by atoms with E-state index in [-0.39, 0.29) is 36.2 Å². The van der Waals surface area contributed by atoms with Crippen LogP contribution in [0.15, 0.2) is 73.2 Å². The Balaban J connectivity index is 0.617. The van der Waals surface area contributed by atoms with Gasteiger partial charge in [-0.25, -0.2) is 4.98 Å². The van der Waals surface area contributed by atoms with Crippen molar-refractivity contribution in [3.63, 3.8) is 0 Å². The highest BCUT2D eigenvalue weighted by Gasteiger charge is 2.44. The highest BCUT2D eigenvalue weighted by molar-refractivity contribution is 6.23. The fourth-order valence-electron chi connectivity index (χ4n) is 8.40. The number of unbranched alkanes of at least 4 members (excludes halogenated alkanes) is 2. The van der Waals surface area contributed by atoms with Crippen molar-refractivity contribution in [2.45, 2.75) is 63.2 Å². The van der Waals surface area contributed by atoms with E-state index in [1.54, 1.807) is 24.4 Å². The number of amides is 4. The molecule has 1 unspecified atom stereocenters. The number of fused-ring (bicyclic) bond motifs is 4. The van der Waals surface area contributed by atoms with E-state index in [1.165, 1.54) is 0 Å². The summed E-state index contributed by atoms with van der Waals surface area (Å²) in [5.41, 5.74) is 4.78. The Morgan fingerprint density at radius 2 is 1.53 bits per heavy atom. The van der Waals surface area contributed by atoms with Crippen molar-refractivity contribution in [2.24, 2.45) is 0 Å². The Kier molecular flexibility index (Phi) is 10.9. The quantitative estimate of drug-likeness (QED) is 0.109. The molecule has 300 valence electrons. The first kappa shape index (κ1) is 37.9. The number of aromatic amines is 1. The minimum absolute atomic E-state index is 0.0884. The normalized spacial score (nSPS) is 21.4. The van der Waals surface area contributed by atoms with Gasteiger partial charge in [0.25, 0.3) is 11.8 Å². The minimum atomic E-state index is -0.979. The van der Waals surface area contributed by atoms with Gasteiger partial charge in [-0.1, -0.05) is 12.1 Å². The molecule has 1 saturated carbocycles. The van der Waals surface area contributed by atoms with Crippen molar-refractivity contribution in [3.05, 3.63) is 84.3 Å². The summed E-state index contributed by atoms with van der Waals surface area (Å²) >= 11 is 0. The third kappa shape index (κ3) is 8.04. The van der Waals surface area contributed by atoms with Crippen LogP contribution < -0.4 is 14.8 Å². The fraction of sp³-hybridized carbons (Fsp3) is 0.409. The van der Waals surface area contributed by atoms with Gasteiger partial charge in [-0.15, -0.1) is 0 Å². The van der Waals surface area contributed by atoms with E-state index in [1.807, 2.05) is 24.5 Å². The zero-order chi connectivity index (χ0) is 39.6. The second kappa shape index (κ2) is 16.6. The molecule has 0 bridgehead atoms. The maximum atomic E-state index is 13.1. The number of hydrogen-bond donors (Lipinski definition) is 2. The Morgan fingerprint density at radius 3 is 2.34 bits per heavy atom. The van der Waals surface area contributed by atoms with Gasteiger partial charge in [-0.2, -0.15) is 0 Å². The summed E-state index contributed by atoms with van der Waals surface area (Å²) in [7, 11) is 0. The molecule has 9 rings (SSSR count). The Bertz CT molecular complexity index is 2330. The molecule has 2 saturated heterocycles. The fourth-order valence-corrected chi connectivity index (χ4v) is 8.40. The van der Waals surface area contributed by atoms with Gasteiger partial charge in [0.05, 0.1) is 30.4 Å². The third-order valence-corrected chi connectivity index (χ3v) is 11.8. The summed E-state index contributed by atoms with van der Waals surface area (Å²) < 4.78 is 18.2. The summed E-state index contributed by atoms with van der Waals surface area (Å²) in [6, 6.07) is 16.3. The SMILES string of the molecule is O=C1CCC(N2C(=O)c3ccc(OCCCCCN4CCN(CCO[C@H]5C[C@H](Oc6ccc(-c7ccc8c(c7)[nH]c7ccncc78)cn6)C5)CC4)cc3C2=O)C(=O)N1. The van der Waals surface area contributed by atoms with Gasteiger partial charge < -0.3 is 24.1 Å². The summed E-state index contributed by atoms with van der Waals surface area (Å²) in [6.45, 7) is 7.41. The molecule has 1 aliphatic carbocycles. The zero-order valence-electron chi connectivity index (χ0n) is 32.4. The van der Waals surface area contributed by atoms with Crippen LogP contribution in [0.3, 0.4) is 0 Å². The molecule has 5 aromatic rings. The molecule has 2 N–H and O–H groups in total. The summed E-state index contributed by atoms with van der Waals surface area (Å²) in [6.07, 6.45) is 10.9. The number of hydrogen-bond acceptors (Lipinski definition) is 11. The molecule has 3 aromatic heterocycles. The zero-order valence-corrected chi connectivity index (χ0v) is 32.4. The van der Waals surface area contributed by atoms with Crippen molar-refractivity contribution in [1.82, 2.24) is 35.0 Å². The van der Waals surface area contributed by atoms with Crippen molar-refractivity contribution >= 4 is 45.4 Å². The van der Waals surface area contributed by atoms with Crippen LogP contribution in [0.5, 0.6) is 11.6 Å². The van der Waals surface area contributed by atoms with E-state index in [9.17, 15) is 19.2 Å². The molecule has 1 atom stereocenters. The smallest absolute Gasteiger partial charge is 0.262 e. The molecule has 2 aromatic carbocycles. The van der Waals surface area contributed by atoms with Gasteiger partial charge in [0.15, 0.2) is 0 Å². The molecular formula is C44H47N7O7. The number of nitrogens with one attached hydrogen (secondary N) is 2. The molecule has 4 amide bonds. The van der Waals surface area contributed by atoms with Gasteiger partial charge in [0, 0.05) is 104 Å². The van der Waals surface area contributed by atoms with Crippen LogP contribution in [0, 0.1) is 0 Å². The monoisotopic (exact) mass is 785 g/mol. The van der Waals surface area contributed by atoms with Crippen LogP contribution in [-0.4, -0.2) is 124 Å². The lowest BCUT2D eigenvalue weighted by molar-refractivity contribution is -0.136. The summed E-state index contributed by atoms with van der Waals surface area (Å²) in [5, 5.41) is 4.50. The van der Waals surface area contributed by atoms with Gasteiger partial charge in [0.2, 0.25) is 17.7 Å². The predicted molar refractivity (Wildman–Crippen MR) is 216 cm³/mol. The number of H-pyrrole nitrogens is 1. The average molecular weight is 786 g/mol. The lowest BCUT2D eigenvalue weighted by atomic mass is 9.92. The summed E-state index contributed by atoms with van der Waals surface area (Å²) in [4.78, 5) is 68.1. The molecule has 3 fully saturated rings. The van der Waals surface area contributed by atoms with Gasteiger partial charge in [-0.3, -0.25) is 39.3 Å². The molecular weight excluding hydrogens is 739 g/mol. The number of aromatic nitrogens is 3. The van der Waals surface area contributed by atoms with Gasteiger partial charge in [-0.05, 0) is 74.2 Å². The topological polar surface area (TPSA) is 159 Å². The van der Waals surface area contributed by atoms with E-state index in [0.29, 0.717) is 18.2 Å². The lowest BCUT2D eigenvalue weighted by Gasteiger charge is -2.37. The third-order valence-electron chi connectivity index (χ3n) is 11.8. The van der Waals surface area contributed by atoms with Crippen LogP contribution in [0.1, 0.15) is 65.7 Å². The number of ether oxygens (including phenoxy) is 3. The second-order valence-corrected chi connectivity index (χ2v) is 15.6. The Hall–Kier alpha value is -5.70. The molecule has 14 heteroatoms. The molecule has 4 aliphatic rings. The minimum Gasteiger partial charge on any atom is -0.494 e. The first-order valence-corrected chi connectivity index (χ1v) is 20.4. The average Bonchev–Trinajstić information content (AvgIpc) is 3.71. The van der Waals surface area contributed by atoms with E-state index < -0.39 is 29.7 Å². The number of benzene rings is 2. The van der Waals surface area contributed by atoms with Crippen LogP contribution in [0.25, 0.3) is 32.9 Å². The Labute approximate surface area is 335 Å². The van der Waals surface area contributed by atoms with E-state index in [4.69, 9.17) is 14.2 Å². The second-order valence-electron chi connectivity index (χ2n) is 15.6. The largest absolute Gasteiger partial charge is 0.494 e. The standard InChI is InChI=1S/C44H47N7O7/c52-40-10-9-39(42(53)48-40)51-43(54)34-8-6-30(25-35(34)44(51)55)56-20-3-1-2-14-49-15-17-50(18-16-49)19-21-57-31-23-32(24-31)58-41-11-5-29(26-46-41)28-4-7-33-36-27-45-13-12-37(36)47-38(33)22-28/h4-8,11-13,22,25-27,31-32,39,47H,1-3,9-10,14-21,23-24H2,(H,48,52,53)/t31-,32-,39?. The molecule has 0 spiro atoms. The van der Waals surface area contributed by atoms with Crippen molar-refractivity contribution in [2.75, 3.05) is 52.5 Å². The number of nitrogens with zero attached hydrogens (tertiary/aromatic N) is 5. The van der Waals surface area contributed by atoms with Crippen LogP contribution in [-0.2, 0) is 14.3 Å². The van der Waals surface area contributed by atoms with Gasteiger partial charge >= 0.3 is 0 Å². The number of carbonyl (C=O) groups excluding carboxylic acids is 4. The van der Waals surface area contributed by atoms with Crippen molar-refractivity contribution in [3.8, 4) is 22.8 Å². The molecule has 58 heavy (non-hydrogen) atoms. The van der Waals surface area contributed by atoms with Gasteiger partial charge in [0.1, 0.15) is 17.9 Å². The van der Waals surface area contributed by atoms with E-state index >= 15 is 0 Å². The first-order chi connectivity index (χ1) is 28.4. The molecule has 0 radical (unpaired) electrons. The molecule has 14 nitrogen and oxygen atoms in total. The predicted octanol–water partition coefficient (Wildman–Crippen LogP) is 4.97. The summed E-state index contributed by atoms with van der Waals surface area (Å²) in [5.74, 6) is -0.899. The van der Waals surface area contributed by atoms with E-state index in [2.05, 4.69) is 54.3 Å². The molecule has 3 aliphatic heterocycles. The highest BCUT2D eigenvalue weighted by Crippen LogP contribution is 2.32. The van der Waals surface area contributed by atoms with Crippen LogP contribution in [0.4, 0.5) is 0 Å². The number of piperidine rings is 1. The Morgan fingerprint density at radius 1 is 0.724 bits per heavy atom. The van der Waals surface area contributed by atoms with Crippen molar-refractivity contribution in [1.29, 1.82) is 0 Å². The number of pyridine rings is 2. The maximum absolute atomic E-state index is 13.1.